The van der Waals surface area contributed by atoms with E-state index in [2.05, 4.69) is 20.4 Å². The molecule has 6 nitrogen and oxygen atoms in total. The molecule has 0 bridgehead atoms. The summed E-state index contributed by atoms with van der Waals surface area (Å²) in [5.41, 5.74) is 3.93. The highest BCUT2D eigenvalue weighted by Gasteiger charge is 2.31. The van der Waals surface area contributed by atoms with E-state index in [1.807, 2.05) is 36.4 Å². The van der Waals surface area contributed by atoms with E-state index in [4.69, 9.17) is 0 Å². The van der Waals surface area contributed by atoms with Crippen LogP contribution in [0, 0.1) is 0 Å². The van der Waals surface area contributed by atoms with E-state index >= 15 is 0 Å². The van der Waals surface area contributed by atoms with Crippen molar-refractivity contribution < 1.29 is 19.2 Å². The van der Waals surface area contributed by atoms with Gasteiger partial charge in [0.2, 0.25) is 0 Å². The van der Waals surface area contributed by atoms with E-state index in [0.29, 0.717) is 17.8 Å². The van der Waals surface area contributed by atoms with Crippen LogP contribution in [0.5, 0.6) is 0 Å². The molecule has 0 spiro atoms. The molecule has 0 radical (unpaired) electrons. The zero-order valence-corrected chi connectivity index (χ0v) is 19.3. The molecule has 0 fully saturated rings. The molecule has 2 aromatic rings. The van der Waals surface area contributed by atoms with Crippen LogP contribution in [-0.4, -0.2) is 23.6 Å². The summed E-state index contributed by atoms with van der Waals surface area (Å²) in [6, 6.07) is 14.9. The summed E-state index contributed by atoms with van der Waals surface area (Å²) < 4.78 is 0. The number of carbonyl (C=O) groups excluding carboxylic acids is 4. The molecule has 0 aliphatic carbocycles. The maximum absolute atomic E-state index is 12.0. The van der Waals surface area contributed by atoms with Crippen LogP contribution < -0.4 is 9.80 Å². The first-order valence-electron chi connectivity index (χ1n) is 11.3. The standard InChI is InChI=1S/C28H26N2O4/c1-4-28(5-2,21-8-12-23(13-9-21)30-26(33)16-17-27(30)34)18-19(3)20-6-10-22(11-7-20)29-24(31)14-15-25(29)32/h6-17H,3-5,18H2,1-2H3. The lowest BCUT2D eigenvalue weighted by Gasteiger charge is -2.34. The average Bonchev–Trinajstić information content (AvgIpc) is 3.37. The summed E-state index contributed by atoms with van der Waals surface area (Å²) in [6.45, 7) is 8.61. The molecule has 34 heavy (non-hydrogen) atoms. The van der Waals surface area contributed by atoms with Crippen molar-refractivity contribution in [2.45, 2.75) is 38.5 Å². The molecule has 2 aliphatic rings. The predicted molar refractivity (Wildman–Crippen MR) is 132 cm³/mol. The van der Waals surface area contributed by atoms with Gasteiger partial charge < -0.3 is 0 Å². The molecule has 0 saturated carbocycles. The number of nitrogens with zero attached hydrogens (tertiary/aromatic N) is 2. The van der Waals surface area contributed by atoms with Gasteiger partial charge in [-0.1, -0.05) is 44.7 Å². The molecule has 4 amide bonds. The monoisotopic (exact) mass is 454 g/mol. The first-order chi connectivity index (χ1) is 16.3. The second kappa shape index (κ2) is 9.06. The highest BCUT2D eigenvalue weighted by molar-refractivity contribution is 6.28. The average molecular weight is 455 g/mol. The topological polar surface area (TPSA) is 74.8 Å². The van der Waals surface area contributed by atoms with Crippen molar-refractivity contribution >= 4 is 40.6 Å². The Labute approximate surface area is 198 Å². The van der Waals surface area contributed by atoms with Crippen LogP contribution in [0.15, 0.2) is 79.4 Å². The number of anilines is 2. The highest BCUT2D eigenvalue weighted by atomic mass is 16.2. The molecule has 2 heterocycles. The van der Waals surface area contributed by atoms with Crippen LogP contribution >= 0.6 is 0 Å². The third kappa shape index (κ3) is 4.03. The normalized spacial score (nSPS) is 15.7. The van der Waals surface area contributed by atoms with Gasteiger partial charge in [0.1, 0.15) is 0 Å². The summed E-state index contributed by atoms with van der Waals surface area (Å²) in [7, 11) is 0. The number of amides is 4. The molecule has 0 N–H and O–H groups in total. The lowest BCUT2D eigenvalue weighted by Crippen LogP contribution is -2.30. The minimum absolute atomic E-state index is 0.170. The summed E-state index contributed by atoms with van der Waals surface area (Å²) in [5.74, 6) is -1.35. The van der Waals surface area contributed by atoms with Gasteiger partial charge in [0.15, 0.2) is 0 Å². The Morgan fingerprint density at radius 1 is 0.676 bits per heavy atom. The molecular formula is C28H26N2O4. The SMILES string of the molecule is C=C(CC(CC)(CC)c1ccc(N2C(=O)C=CC2=O)cc1)c1ccc(N2C(=O)C=CC2=O)cc1. The molecule has 2 aromatic carbocycles. The van der Waals surface area contributed by atoms with Crippen LogP contribution in [0.2, 0.25) is 0 Å². The molecule has 0 aromatic heterocycles. The van der Waals surface area contributed by atoms with Crippen molar-refractivity contribution in [1.29, 1.82) is 0 Å². The molecule has 4 rings (SSSR count). The number of benzene rings is 2. The summed E-state index contributed by atoms with van der Waals surface area (Å²) >= 11 is 0. The van der Waals surface area contributed by atoms with E-state index in [-0.39, 0.29) is 29.0 Å². The summed E-state index contributed by atoms with van der Waals surface area (Å²) in [4.78, 5) is 50.1. The van der Waals surface area contributed by atoms with Gasteiger partial charge in [0.25, 0.3) is 23.6 Å². The second-order valence-electron chi connectivity index (χ2n) is 8.55. The third-order valence-electron chi connectivity index (χ3n) is 6.80. The molecule has 2 aliphatic heterocycles. The third-order valence-corrected chi connectivity index (χ3v) is 6.80. The smallest absolute Gasteiger partial charge is 0.258 e. The number of hydrogen-bond donors (Lipinski definition) is 0. The molecular weight excluding hydrogens is 428 g/mol. The van der Waals surface area contributed by atoms with E-state index in [1.165, 1.54) is 24.3 Å². The van der Waals surface area contributed by atoms with Crippen molar-refractivity contribution in [2.75, 3.05) is 9.80 Å². The molecule has 0 atom stereocenters. The van der Waals surface area contributed by atoms with Gasteiger partial charge in [-0.25, -0.2) is 9.80 Å². The Hall–Kier alpha value is -4.06. The number of carbonyl (C=O) groups is 4. The van der Waals surface area contributed by atoms with Crippen LogP contribution in [0.25, 0.3) is 5.57 Å². The number of hydrogen-bond acceptors (Lipinski definition) is 4. The highest BCUT2D eigenvalue weighted by Crippen LogP contribution is 2.41. The quantitative estimate of drug-likeness (QED) is 0.542. The number of allylic oxidation sites excluding steroid dienone is 1. The largest absolute Gasteiger partial charge is 0.269 e. The molecule has 6 heteroatoms. The van der Waals surface area contributed by atoms with Crippen molar-refractivity contribution in [3.05, 3.63) is 90.5 Å². The summed E-state index contributed by atoms with van der Waals surface area (Å²) in [6.07, 6.45) is 7.56. The van der Waals surface area contributed by atoms with Gasteiger partial charge >= 0.3 is 0 Å². The Balaban J connectivity index is 1.54. The Morgan fingerprint density at radius 2 is 1.06 bits per heavy atom. The van der Waals surface area contributed by atoms with Gasteiger partial charge in [-0.2, -0.15) is 0 Å². The van der Waals surface area contributed by atoms with E-state index in [0.717, 1.165) is 39.3 Å². The number of imide groups is 2. The maximum atomic E-state index is 12.0. The minimum atomic E-state index is -0.343. The number of rotatable bonds is 8. The second-order valence-corrected chi connectivity index (χ2v) is 8.55. The lowest BCUT2D eigenvalue weighted by atomic mass is 9.71. The van der Waals surface area contributed by atoms with Crippen molar-refractivity contribution in [3.8, 4) is 0 Å². The van der Waals surface area contributed by atoms with E-state index < -0.39 is 0 Å². The van der Waals surface area contributed by atoms with Crippen LogP contribution in [0.3, 0.4) is 0 Å². The molecule has 0 unspecified atom stereocenters. The van der Waals surface area contributed by atoms with E-state index in [9.17, 15) is 19.2 Å². The Morgan fingerprint density at radius 3 is 1.44 bits per heavy atom. The van der Waals surface area contributed by atoms with Crippen LogP contribution in [0.1, 0.15) is 44.2 Å². The summed E-state index contributed by atoms with van der Waals surface area (Å²) in [5, 5.41) is 0. The van der Waals surface area contributed by atoms with Gasteiger partial charge in [-0.3, -0.25) is 19.2 Å². The van der Waals surface area contributed by atoms with Crippen molar-refractivity contribution in [2.24, 2.45) is 0 Å². The van der Waals surface area contributed by atoms with E-state index in [1.54, 1.807) is 12.1 Å². The first kappa shape index (κ1) is 23.1. The van der Waals surface area contributed by atoms with Gasteiger partial charge in [-0.15, -0.1) is 0 Å². The van der Waals surface area contributed by atoms with Gasteiger partial charge in [-0.05, 0) is 65.6 Å². The maximum Gasteiger partial charge on any atom is 0.258 e. The zero-order valence-electron chi connectivity index (χ0n) is 19.3. The first-order valence-corrected chi connectivity index (χ1v) is 11.3. The lowest BCUT2D eigenvalue weighted by molar-refractivity contribution is -0.121. The predicted octanol–water partition coefficient (Wildman–Crippen LogP) is 4.71. The molecule has 0 saturated heterocycles. The fourth-order valence-corrected chi connectivity index (χ4v) is 4.64. The molecule has 172 valence electrons. The van der Waals surface area contributed by atoms with Gasteiger partial charge in [0.05, 0.1) is 11.4 Å². The van der Waals surface area contributed by atoms with Crippen molar-refractivity contribution in [3.63, 3.8) is 0 Å². The van der Waals surface area contributed by atoms with Crippen LogP contribution in [-0.2, 0) is 24.6 Å². The van der Waals surface area contributed by atoms with Gasteiger partial charge in [0, 0.05) is 24.3 Å². The van der Waals surface area contributed by atoms with Crippen LogP contribution in [0.4, 0.5) is 11.4 Å². The fourth-order valence-electron chi connectivity index (χ4n) is 4.64. The Kier molecular flexibility index (Phi) is 6.16. The fraction of sp³-hybridized carbons (Fsp3) is 0.214. The Bertz CT molecular complexity index is 1200. The zero-order chi connectivity index (χ0) is 24.5. The minimum Gasteiger partial charge on any atom is -0.269 e. The van der Waals surface area contributed by atoms with Crippen molar-refractivity contribution in [1.82, 2.24) is 0 Å².